The van der Waals surface area contributed by atoms with Gasteiger partial charge in [0.1, 0.15) is 5.54 Å². The Hall–Kier alpha value is -1.40. The molecule has 0 radical (unpaired) electrons. The van der Waals surface area contributed by atoms with E-state index >= 15 is 0 Å². The van der Waals surface area contributed by atoms with Gasteiger partial charge in [-0.15, -0.1) is 11.3 Å². The second-order valence-electron chi connectivity index (χ2n) is 5.77. The largest absolute Gasteiger partial charge is 0.481 e. The first-order chi connectivity index (χ1) is 9.35. The maximum absolute atomic E-state index is 11.7. The van der Waals surface area contributed by atoms with Crippen molar-refractivity contribution in [2.45, 2.75) is 38.3 Å². The van der Waals surface area contributed by atoms with Gasteiger partial charge in [0.15, 0.2) is 0 Å². The smallest absolute Gasteiger partial charge is 0.323 e. The topological polar surface area (TPSA) is 86.6 Å². The van der Waals surface area contributed by atoms with E-state index in [4.69, 9.17) is 0 Å². The molecule has 1 aromatic rings. The number of hydrogen-bond acceptors (Lipinski definition) is 4. The van der Waals surface area contributed by atoms with Crippen molar-refractivity contribution in [2.24, 2.45) is 11.8 Å². The highest BCUT2D eigenvalue weighted by molar-refractivity contribution is 7.10. The van der Waals surface area contributed by atoms with Crippen LogP contribution >= 0.6 is 11.3 Å². The summed E-state index contributed by atoms with van der Waals surface area (Å²) in [6.07, 6.45) is 0.548. The Balaban J connectivity index is 2.35. The van der Waals surface area contributed by atoms with Crippen molar-refractivity contribution >= 4 is 23.3 Å². The number of carboxylic acid groups (broad SMARTS) is 2. The van der Waals surface area contributed by atoms with Crippen LogP contribution in [0, 0.1) is 11.8 Å². The highest BCUT2D eigenvalue weighted by atomic mass is 32.1. The van der Waals surface area contributed by atoms with Crippen molar-refractivity contribution in [3.63, 3.8) is 0 Å². The van der Waals surface area contributed by atoms with Crippen LogP contribution in [0.4, 0.5) is 0 Å². The molecule has 110 valence electrons. The van der Waals surface area contributed by atoms with Gasteiger partial charge in [0, 0.05) is 4.88 Å². The Kier molecular flexibility index (Phi) is 4.15. The van der Waals surface area contributed by atoms with Crippen LogP contribution in [0.5, 0.6) is 0 Å². The molecule has 5 nitrogen and oxygen atoms in total. The third-order valence-corrected chi connectivity index (χ3v) is 4.69. The third kappa shape index (κ3) is 2.71. The summed E-state index contributed by atoms with van der Waals surface area (Å²) in [5, 5.41) is 24.0. The molecule has 2 heterocycles. The van der Waals surface area contributed by atoms with E-state index < -0.39 is 29.4 Å². The van der Waals surface area contributed by atoms with E-state index in [1.165, 1.54) is 11.3 Å². The quantitative estimate of drug-likeness (QED) is 0.776. The van der Waals surface area contributed by atoms with Gasteiger partial charge >= 0.3 is 11.9 Å². The van der Waals surface area contributed by atoms with Crippen LogP contribution in [0.3, 0.4) is 0 Å². The number of hydrogen-bond donors (Lipinski definition) is 3. The Morgan fingerprint density at radius 3 is 2.65 bits per heavy atom. The van der Waals surface area contributed by atoms with Crippen molar-refractivity contribution in [3.8, 4) is 0 Å². The van der Waals surface area contributed by atoms with E-state index in [0.29, 0.717) is 6.42 Å². The van der Waals surface area contributed by atoms with Crippen molar-refractivity contribution < 1.29 is 19.8 Å². The molecule has 20 heavy (non-hydrogen) atoms. The molecule has 1 aliphatic rings. The fourth-order valence-corrected chi connectivity index (χ4v) is 3.83. The number of rotatable bonds is 5. The van der Waals surface area contributed by atoms with Gasteiger partial charge in [0.05, 0.1) is 12.0 Å². The normalized spacial score (nSPS) is 29.8. The van der Waals surface area contributed by atoms with Gasteiger partial charge in [-0.05, 0) is 30.2 Å². The first-order valence-corrected chi connectivity index (χ1v) is 7.51. The molecule has 0 saturated carbocycles. The van der Waals surface area contributed by atoms with E-state index in [2.05, 4.69) is 5.32 Å². The van der Waals surface area contributed by atoms with Crippen LogP contribution in [0.15, 0.2) is 17.5 Å². The number of nitrogens with one attached hydrogen (secondary N) is 1. The van der Waals surface area contributed by atoms with Crippen molar-refractivity contribution in [3.05, 3.63) is 22.4 Å². The molecule has 0 amide bonds. The summed E-state index contributed by atoms with van der Waals surface area (Å²) in [7, 11) is 0. The number of aliphatic carboxylic acids is 2. The fourth-order valence-electron chi connectivity index (χ4n) is 2.99. The zero-order chi connectivity index (χ0) is 14.9. The van der Waals surface area contributed by atoms with Gasteiger partial charge in [-0.3, -0.25) is 14.9 Å². The van der Waals surface area contributed by atoms with Crippen LogP contribution in [0.25, 0.3) is 0 Å². The van der Waals surface area contributed by atoms with E-state index in [0.717, 1.165) is 4.88 Å². The number of carbonyl (C=O) groups is 2. The number of thiophene rings is 1. The monoisotopic (exact) mass is 297 g/mol. The lowest BCUT2D eigenvalue weighted by atomic mass is 9.84. The molecule has 1 fully saturated rings. The molecule has 3 atom stereocenters. The third-order valence-electron chi connectivity index (χ3n) is 3.74. The minimum atomic E-state index is -1.15. The van der Waals surface area contributed by atoms with Gasteiger partial charge in [-0.25, -0.2) is 0 Å². The van der Waals surface area contributed by atoms with E-state index in [1.807, 2.05) is 31.4 Å². The van der Waals surface area contributed by atoms with Crippen molar-refractivity contribution in [1.82, 2.24) is 5.32 Å². The number of carboxylic acids is 2. The summed E-state index contributed by atoms with van der Waals surface area (Å²) in [4.78, 5) is 24.0. The maximum Gasteiger partial charge on any atom is 0.323 e. The average Bonchev–Trinajstić information content (AvgIpc) is 2.94. The van der Waals surface area contributed by atoms with Crippen LogP contribution in [-0.2, 0) is 9.59 Å². The molecule has 6 heteroatoms. The summed E-state index contributed by atoms with van der Waals surface area (Å²) in [5.74, 6) is -2.43. The minimum Gasteiger partial charge on any atom is -0.481 e. The lowest BCUT2D eigenvalue weighted by molar-refractivity contribution is -0.145. The van der Waals surface area contributed by atoms with Gasteiger partial charge in [-0.2, -0.15) is 0 Å². The first kappa shape index (κ1) is 15.0. The van der Waals surface area contributed by atoms with Crippen molar-refractivity contribution in [2.75, 3.05) is 0 Å². The van der Waals surface area contributed by atoms with E-state index in [1.54, 1.807) is 0 Å². The average molecular weight is 297 g/mol. The Labute approximate surface area is 121 Å². The molecule has 1 aromatic heterocycles. The highest BCUT2D eigenvalue weighted by Crippen LogP contribution is 2.42. The van der Waals surface area contributed by atoms with Crippen LogP contribution in [0.1, 0.15) is 37.6 Å². The van der Waals surface area contributed by atoms with E-state index in [-0.39, 0.29) is 12.3 Å². The Morgan fingerprint density at radius 2 is 2.20 bits per heavy atom. The molecular weight excluding hydrogens is 278 g/mol. The molecular formula is C14H19NO4S. The minimum absolute atomic E-state index is 0.123. The molecule has 0 aliphatic carbocycles. The van der Waals surface area contributed by atoms with E-state index in [9.17, 15) is 19.8 Å². The van der Waals surface area contributed by atoms with Gasteiger partial charge < -0.3 is 10.2 Å². The summed E-state index contributed by atoms with van der Waals surface area (Å²) < 4.78 is 0. The van der Waals surface area contributed by atoms with Gasteiger partial charge in [0.2, 0.25) is 0 Å². The summed E-state index contributed by atoms with van der Waals surface area (Å²) >= 11 is 1.45. The lowest BCUT2D eigenvalue weighted by Crippen LogP contribution is -2.49. The fraction of sp³-hybridized carbons (Fsp3) is 0.571. The summed E-state index contributed by atoms with van der Waals surface area (Å²) in [6, 6.07) is 3.28. The second kappa shape index (κ2) is 5.54. The second-order valence-corrected chi connectivity index (χ2v) is 6.75. The predicted octanol–water partition coefficient (Wildman–Crippen LogP) is 2.35. The standard InChI is InChI=1S/C14H19NO4S/c1-8(2)6-14(13(18)19)7-9(12(16)17)11(15-14)10-4-3-5-20-10/h3-5,8-9,11,15H,6-7H2,1-2H3,(H,16,17)(H,18,19)/t9-,11+,14-/m0/s1. The lowest BCUT2D eigenvalue weighted by Gasteiger charge is -2.27. The van der Waals surface area contributed by atoms with Gasteiger partial charge in [0.25, 0.3) is 0 Å². The molecule has 1 aliphatic heterocycles. The molecule has 0 spiro atoms. The molecule has 2 rings (SSSR count). The first-order valence-electron chi connectivity index (χ1n) is 6.63. The zero-order valence-corrected chi connectivity index (χ0v) is 12.3. The SMILES string of the molecule is CC(C)C[C@@]1(C(=O)O)C[C@H](C(=O)O)[C@H](c2cccs2)N1. The molecule has 0 bridgehead atoms. The highest BCUT2D eigenvalue weighted by Gasteiger charge is 2.53. The molecule has 1 saturated heterocycles. The molecule has 0 unspecified atom stereocenters. The molecule has 0 aromatic carbocycles. The summed E-state index contributed by atoms with van der Waals surface area (Å²) in [5.41, 5.74) is -1.15. The van der Waals surface area contributed by atoms with Crippen LogP contribution in [-0.4, -0.2) is 27.7 Å². The van der Waals surface area contributed by atoms with Crippen LogP contribution < -0.4 is 5.32 Å². The maximum atomic E-state index is 11.7. The Bertz CT molecular complexity index is 499. The van der Waals surface area contributed by atoms with Crippen LogP contribution in [0.2, 0.25) is 0 Å². The molecule has 3 N–H and O–H groups in total. The zero-order valence-electron chi connectivity index (χ0n) is 11.5. The summed E-state index contributed by atoms with van der Waals surface area (Å²) in [6.45, 7) is 3.89. The Morgan fingerprint density at radius 1 is 1.50 bits per heavy atom. The van der Waals surface area contributed by atoms with Gasteiger partial charge in [-0.1, -0.05) is 19.9 Å². The van der Waals surface area contributed by atoms with Crippen molar-refractivity contribution in [1.29, 1.82) is 0 Å². The predicted molar refractivity (Wildman–Crippen MR) is 75.8 cm³/mol.